The number of aromatic hydroxyl groups is 1. The van der Waals surface area contributed by atoms with Gasteiger partial charge in [-0.3, -0.25) is 0 Å². The second kappa shape index (κ2) is 5.90. The van der Waals surface area contributed by atoms with Crippen LogP contribution in [-0.2, 0) is 0 Å². The van der Waals surface area contributed by atoms with Crippen molar-refractivity contribution in [2.75, 3.05) is 11.4 Å². The van der Waals surface area contributed by atoms with Crippen molar-refractivity contribution in [2.45, 2.75) is 19.9 Å². The van der Waals surface area contributed by atoms with Crippen LogP contribution in [0, 0.1) is 11.6 Å². The van der Waals surface area contributed by atoms with Crippen LogP contribution >= 0.6 is 0 Å². The molecular formula is C16H17F2NO. The van der Waals surface area contributed by atoms with Crippen molar-refractivity contribution in [3.8, 4) is 5.75 Å². The molecule has 0 amide bonds. The molecule has 0 heterocycles. The molecule has 2 nitrogen and oxygen atoms in total. The number of phenols is 1. The van der Waals surface area contributed by atoms with E-state index in [0.717, 1.165) is 0 Å². The molecule has 0 saturated carbocycles. The Hall–Kier alpha value is -2.10. The van der Waals surface area contributed by atoms with Crippen LogP contribution in [0.5, 0.6) is 5.75 Å². The normalized spacial score (nSPS) is 12.2. The number of hydrogen-bond acceptors (Lipinski definition) is 2. The first kappa shape index (κ1) is 14.3. The van der Waals surface area contributed by atoms with E-state index in [4.69, 9.17) is 0 Å². The zero-order valence-corrected chi connectivity index (χ0v) is 11.5. The summed E-state index contributed by atoms with van der Waals surface area (Å²) in [4.78, 5) is 1.90. The third kappa shape index (κ3) is 2.90. The zero-order valence-electron chi connectivity index (χ0n) is 11.5. The fourth-order valence-corrected chi connectivity index (χ4v) is 2.36. The molecule has 0 fully saturated rings. The summed E-state index contributed by atoms with van der Waals surface area (Å²) < 4.78 is 26.7. The minimum Gasteiger partial charge on any atom is -0.508 e. The van der Waals surface area contributed by atoms with Gasteiger partial charge in [0.2, 0.25) is 0 Å². The van der Waals surface area contributed by atoms with Crippen molar-refractivity contribution in [1.82, 2.24) is 0 Å². The summed E-state index contributed by atoms with van der Waals surface area (Å²) in [5.74, 6) is -0.690. The SMILES string of the molecule is CCN(c1cccc(F)c1)C(C)c1cc(F)ccc1O. The fraction of sp³-hybridized carbons (Fsp3) is 0.250. The lowest BCUT2D eigenvalue weighted by Crippen LogP contribution is -2.26. The van der Waals surface area contributed by atoms with E-state index in [1.165, 1.54) is 30.3 Å². The highest BCUT2D eigenvalue weighted by molar-refractivity contribution is 5.50. The number of benzene rings is 2. The van der Waals surface area contributed by atoms with E-state index in [-0.39, 0.29) is 17.6 Å². The van der Waals surface area contributed by atoms with Gasteiger partial charge in [-0.2, -0.15) is 0 Å². The number of phenolic OH excluding ortho intramolecular Hbond substituents is 1. The predicted molar refractivity (Wildman–Crippen MR) is 75.9 cm³/mol. The van der Waals surface area contributed by atoms with Crippen LogP contribution in [0.1, 0.15) is 25.5 Å². The fourth-order valence-electron chi connectivity index (χ4n) is 2.36. The quantitative estimate of drug-likeness (QED) is 0.902. The lowest BCUT2D eigenvalue weighted by Gasteiger charge is -2.31. The maximum Gasteiger partial charge on any atom is 0.125 e. The Kier molecular flexibility index (Phi) is 4.23. The van der Waals surface area contributed by atoms with E-state index in [0.29, 0.717) is 17.8 Å². The van der Waals surface area contributed by atoms with Gasteiger partial charge < -0.3 is 10.0 Å². The number of halogens is 2. The largest absolute Gasteiger partial charge is 0.508 e. The minimum atomic E-state index is -0.403. The molecule has 1 unspecified atom stereocenters. The van der Waals surface area contributed by atoms with Crippen molar-refractivity contribution in [2.24, 2.45) is 0 Å². The molecular weight excluding hydrogens is 260 g/mol. The molecule has 0 spiro atoms. The predicted octanol–water partition coefficient (Wildman–Crippen LogP) is 4.26. The molecule has 0 aromatic heterocycles. The third-order valence-corrected chi connectivity index (χ3v) is 3.39. The van der Waals surface area contributed by atoms with Crippen LogP contribution < -0.4 is 4.90 Å². The van der Waals surface area contributed by atoms with Gasteiger partial charge in [-0.05, 0) is 50.2 Å². The number of rotatable bonds is 4. The Morgan fingerprint density at radius 1 is 1.10 bits per heavy atom. The Morgan fingerprint density at radius 3 is 2.45 bits per heavy atom. The summed E-state index contributed by atoms with van der Waals surface area (Å²) >= 11 is 0. The summed E-state index contributed by atoms with van der Waals surface area (Å²) in [5.41, 5.74) is 1.18. The van der Waals surface area contributed by atoms with Crippen LogP contribution in [0.25, 0.3) is 0 Å². The van der Waals surface area contributed by atoms with Crippen molar-refractivity contribution < 1.29 is 13.9 Å². The van der Waals surface area contributed by atoms with Gasteiger partial charge in [0.25, 0.3) is 0 Å². The monoisotopic (exact) mass is 277 g/mol. The van der Waals surface area contributed by atoms with Crippen LogP contribution in [0.3, 0.4) is 0 Å². The Balaban J connectivity index is 2.38. The van der Waals surface area contributed by atoms with Gasteiger partial charge in [0.05, 0.1) is 6.04 Å². The van der Waals surface area contributed by atoms with E-state index in [1.807, 2.05) is 18.7 Å². The maximum absolute atomic E-state index is 13.4. The van der Waals surface area contributed by atoms with E-state index < -0.39 is 5.82 Å². The summed E-state index contributed by atoms with van der Waals surface area (Å²) in [6.45, 7) is 4.39. The van der Waals surface area contributed by atoms with Gasteiger partial charge in [0.15, 0.2) is 0 Å². The molecule has 1 atom stereocenters. The van der Waals surface area contributed by atoms with Crippen molar-refractivity contribution in [3.05, 3.63) is 59.7 Å². The molecule has 2 aromatic rings. The van der Waals surface area contributed by atoms with Gasteiger partial charge in [-0.15, -0.1) is 0 Å². The summed E-state index contributed by atoms with van der Waals surface area (Å²) in [6, 6.07) is 9.81. The first-order valence-corrected chi connectivity index (χ1v) is 6.53. The Morgan fingerprint density at radius 2 is 1.80 bits per heavy atom. The molecule has 2 aromatic carbocycles. The molecule has 20 heavy (non-hydrogen) atoms. The van der Waals surface area contributed by atoms with Gasteiger partial charge in [0.1, 0.15) is 17.4 Å². The Bertz CT molecular complexity index is 601. The first-order chi connectivity index (χ1) is 9.52. The molecule has 0 aliphatic rings. The average molecular weight is 277 g/mol. The third-order valence-electron chi connectivity index (χ3n) is 3.39. The van der Waals surface area contributed by atoms with Crippen LogP contribution in [0.2, 0.25) is 0 Å². The molecule has 2 rings (SSSR count). The molecule has 0 bridgehead atoms. The maximum atomic E-state index is 13.4. The summed E-state index contributed by atoms with van der Waals surface area (Å²) in [7, 11) is 0. The van der Waals surface area contributed by atoms with E-state index in [1.54, 1.807) is 12.1 Å². The van der Waals surface area contributed by atoms with Crippen molar-refractivity contribution in [3.63, 3.8) is 0 Å². The standard InChI is InChI=1S/C16H17F2NO/c1-3-19(14-6-4-5-12(17)9-14)11(2)15-10-13(18)7-8-16(15)20/h4-11,20H,3H2,1-2H3. The number of anilines is 1. The van der Waals surface area contributed by atoms with Crippen LogP contribution in [0.15, 0.2) is 42.5 Å². The number of nitrogens with zero attached hydrogens (tertiary/aromatic N) is 1. The van der Waals surface area contributed by atoms with E-state index in [2.05, 4.69) is 0 Å². The molecule has 106 valence electrons. The van der Waals surface area contributed by atoms with Gasteiger partial charge >= 0.3 is 0 Å². The van der Waals surface area contributed by atoms with Gasteiger partial charge in [0, 0.05) is 17.8 Å². The van der Waals surface area contributed by atoms with Crippen molar-refractivity contribution in [1.29, 1.82) is 0 Å². The molecule has 0 radical (unpaired) electrons. The lowest BCUT2D eigenvalue weighted by molar-refractivity contribution is 0.458. The highest BCUT2D eigenvalue weighted by Gasteiger charge is 2.19. The number of hydrogen-bond donors (Lipinski definition) is 1. The van der Waals surface area contributed by atoms with Crippen LogP contribution in [-0.4, -0.2) is 11.7 Å². The van der Waals surface area contributed by atoms with E-state index in [9.17, 15) is 13.9 Å². The summed E-state index contributed by atoms with van der Waals surface area (Å²) in [5, 5.41) is 9.88. The molecule has 0 saturated heterocycles. The smallest absolute Gasteiger partial charge is 0.125 e. The molecule has 4 heteroatoms. The average Bonchev–Trinajstić information content (AvgIpc) is 2.42. The summed E-state index contributed by atoms with van der Waals surface area (Å²) in [6.07, 6.45) is 0. The second-order valence-electron chi connectivity index (χ2n) is 4.64. The minimum absolute atomic E-state index is 0.0359. The van der Waals surface area contributed by atoms with Crippen LogP contribution in [0.4, 0.5) is 14.5 Å². The first-order valence-electron chi connectivity index (χ1n) is 6.53. The highest BCUT2D eigenvalue weighted by atomic mass is 19.1. The molecule has 1 N–H and O–H groups in total. The van der Waals surface area contributed by atoms with Crippen molar-refractivity contribution >= 4 is 5.69 Å². The molecule has 0 aliphatic heterocycles. The molecule has 0 aliphatic carbocycles. The van der Waals surface area contributed by atoms with Gasteiger partial charge in [-0.25, -0.2) is 8.78 Å². The zero-order chi connectivity index (χ0) is 14.7. The highest BCUT2D eigenvalue weighted by Crippen LogP contribution is 2.32. The second-order valence-corrected chi connectivity index (χ2v) is 4.64. The Labute approximate surface area is 117 Å². The topological polar surface area (TPSA) is 23.5 Å². The lowest BCUT2D eigenvalue weighted by atomic mass is 10.0. The van der Waals surface area contributed by atoms with E-state index >= 15 is 0 Å². The van der Waals surface area contributed by atoms with Gasteiger partial charge in [-0.1, -0.05) is 6.07 Å².